The van der Waals surface area contributed by atoms with Gasteiger partial charge in [0.1, 0.15) is 13.2 Å². The highest BCUT2D eigenvalue weighted by molar-refractivity contribution is 7.47. The molecule has 3 atom stereocenters. The fraction of sp³-hybridized carbons (Fsp3) is 0.804. The topological polar surface area (TPSA) is 105 Å². The minimum Gasteiger partial charge on any atom is -0.391 e. The van der Waals surface area contributed by atoms with E-state index in [1.807, 2.05) is 21.1 Å². The molecule has 3 unspecified atom stereocenters. The van der Waals surface area contributed by atoms with Crippen LogP contribution in [0.4, 0.5) is 0 Å². The fourth-order valence-electron chi connectivity index (χ4n) is 6.27. The number of allylic oxidation sites excluding steroid dienone is 8. The number of likely N-dealkylation sites (N-methyl/N-ethyl adjacent to an activating group) is 1. The molecule has 0 fully saturated rings. The van der Waals surface area contributed by atoms with E-state index in [9.17, 15) is 19.4 Å². The lowest BCUT2D eigenvalue weighted by molar-refractivity contribution is -0.870. The Balaban J connectivity index is 4.00. The number of amides is 1. The van der Waals surface area contributed by atoms with Crippen LogP contribution in [0.5, 0.6) is 0 Å². The number of carbonyl (C=O) groups is 1. The average Bonchev–Trinajstić information content (AvgIpc) is 3.13. The molecular formula is C46H88N2O6P+. The zero-order valence-corrected chi connectivity index (χ0v) is 37.3. The molecular weight excluding hydrogens is 707 g/mol. The Bertz CT molecular complexity index is 1040. The summed E-state index contributed by atoms with van der Waals surface area (Å²) < 4.78 is 23.5. The standard InChI is InChI=1S/C46H87N2O6P/c1-6-8-10-12-14-15-16-17-18-19-20-21-22-23-24-25-26-27-28-29-30-31-32-33-34-36-38-40-46(50)47-44(45(49)39-37-35-13-11-9-7-2)43-54-55(51,52)53-42-41-48(3,4)5/h8,10,14-15,17-18,20-21,44-45,49H,6-7,9,11-13,16,19,22-43H2,1-5H3,(H-,47,50,51,52)/p+1/b10-8-,15-14-,18-17-,21-20-. The van der Waals surface area contributed by atoms with Crippen LogP contribution in [0.1, 0.15) is 187 Å². The van der Waals surface area contributed by atoms with Crippen molar-refractivity contribution in [2.24, 2.45) is 0 Å². The van der Waals surface area contributed by atoms with Gasteiger partial charge < -0.3 is 19.8 Å². The van der Waals surface area contributed by atoms with Crippen LogP contribution in [0.25, 0.3) is 0 Å². The molecule has 9 heteroatoms. The lowest BCUT2D eigenvalue weighted by atomic mass is 10.0. The van der Waals surface area contributed by atoms with Gasteiger partial charge in [-0.25, -0.2) is 4.57 Å². The van der Waals surface area contributed by atoms with Gasteiger partial charge in [0, 0.05) is 6.42 Å². The minimum absolute atomic E-state index is 0.0730. The number of hydrogen-bond acceptors (Lipinski definition) is 5. The number of phosphoric ester groups is 1. The summed E-state index contributed by atoms with van der Waals surface area (Å²) in [5, 5.41) is 13.8. The van der Waals surface area contributed by atoms with Gasteiger partial charge in [-0.3, -0.25) is 13.8 Å². The third kappa shape index (κ3) is 40.5. The first-order valence-electron chi connectivity index (χ1n) is 22.5. The molecule has 0 saturated carbocycles. The van der Waals surface area contributed by atoms with E-state index in [1.165, 1.54) is 96.3 Å². The molecule has 0 aromatic heterocycles. The Kier molecular flexibility index (Phi) is 36.9. The lowest BCUT2D eigenvalue weighted by Gasteiger charge is -2.26. The zero-order valence-electron chi connectivity index (χ0n) is 36.4. The number of carbonyl (C=O) groups excluding carboxylic acids is 1. The molecule has 3 N–H and O–H groups in total. The van der Waals surface area contributed by atoms with Crippen LogP contribution in [0.2, 0.25) is 0 Å². The van der Waals surface area contributed by atoms with Gasteiger partial charge in [0.15, 0.2) is 0 Å². The SMILES string of the molecule is CC/C=C\C/C=C\C/C=C\C/C=C\CCCCCCCCCCCCCCCCC(=O)NC(COP(=O)(O)OCC[N+](C)(C)C)C(O)CCCCCCCC. The molecule has 55 heavy (non-hydrogen) atoms. The number of unbranched alkanes of at least 4 members (excludes halogenated alkanes) is 19. The molecule has 0 aromatic carbocycles. The summed E-state index contributed by atoms with van der Waals surface area (Å²) >= 11 is 0. The maximum absolute atomic E-state index is 12.8. The predicted molar refractivity (Wildman–Crippen MR) is 235 cm³/mol. The van der Waals surface area contributed by atoms with Crippen LogP contribution in [-0.4, -0.2) is 73.4 Å². The van der Waals surface area contributed by atoms with E-state index in [4.69, 9.17) is 9.05 Å². The molecule has 0 aliphatic rings. The monoisotopic (exact) mass is 796 g/mol. The second-order valence-electron chi connectivity index (χ2n) is 16.4. The maximum Gasteiger partial charge on any atom is 0.472 e. The van der Waals surface area contributed by atoms with Gasteiger partial charge in [0.05, 0.1) is 39.9 Å². The highest BCUT2D eigenvalue weighted by Crippen LogP contribution is 2.43. The van der Waals surface area contributed by atoms with E-state index in [1.54, 1.807) is 0 Å². The van der Waals surface area contributed by atoms with E-state index in [2.05, 4.69) is 67.8 Å². The van der Waals surface area contributed by atoms with E-state index < -0.39 is 20.0 Å². The van der Waals surface area contributed by atoms with Crippen molar-refractivity contribution in [1.82, 2.24) is 5.32 Å². The van der Waals surface area contributed by atoms with Gasteiger partial charge >= 0.3 is 7.82 Å². The van der Waals surface area contributed by atoms with Gasteiger partial charge in [-0.1, -0.05) is 178 Å². The molecule has 8 nitrogen and oxygen atoms in total. The molecule has 0 aliphatic heterocycles. The summed E-state index contributed by atoms with van der Waals surface area (Å²) in [6, 6.07) is -0.757. The molecule has 0 bridgehead atoms. The highest BCUT2D eigenvalue weighted by atomic mass is 31.2. The van der Waals surface area contributed by atoms with Crippen LogP contribution in [0.15, 0.2) is 48.6 Å². The van der Waals surface area contributed by atoms with Crippen molar-refractivity contribution in [2.75, 3.05) is 40.9 Å². The van der Waals surface area contributed by atoms with Gasteiger partial charge in [-0.15, -0.1) is 0 Å². The number of nitrogens with zero attached hydrogens (tertiary/aromatic N) is 1. The van der Waals surface area contributed by atoms with Crippen molar-refractivity contribution in [1.29, 1.82) is 0 Å². The van der Waals surface area contributed by atoms with Crippen LogP contribution in [0.3, 0.4) is 0 Å². The summed E-state index contributed by atoms with van der Waals surface area (Å²) in [6.45, 7) is 4.70. The second-order valence-corrected chi connectivity index (χ2v) is 17.9. The highest BCUT2D eigenvalue weighted by Gasteiger charge is 2.28. The van der Waals surface area contributed by atoms with Crippen molar-refractivity contribution in [3.8, 4) is 0 Å². The predicted octanol–water partition coefficient (Wildman–Crippen LogP) is 12.5. The average molecular weight is 796 g/mol. The number of nitrogens with one attached hydrogen (secondary N) is 1. The van der Waals surface area contributed by atoms with E-state index >= 15 is 0 Å². The van der Waals surface area contributed by atoms with E-state index in [0.29, 0.717) is 23.9 Å². The van der Waals surface area contributed by atoms with E-state index in [-0.39, 0.29) is 19.1 Å². The molecule has 0 saturated heterocycles. The molecule has 1 amide bonds. The Morgan fingerprint density at radius 2 is 1.09 bits per heavy atom. The number of aliphatic hydroxyl groups excluding tert-OH is 1. The van der Waals surface area contributed by atoms with Gasteiger partial charge in [0.2, 0.25) is 5.91 Å². The minimum atomic E-state index is -4.30. The maximum atomic E-state index is 12.8. The zero-order chi connectivity index (χ0) is 40.7. The molecule has 0 aromatic rings. The van der Waals surface area contributed by atoms with Crippen LogP contribution < -0.4 is 5.32 Å². The first-order chi connectivity index (χ1) is 26.5. The smallest absolute Gasteiger partial charge is 0.391 e. The van der Waals surface area contributed by atoms with Gasteiger partial charge in [0.25, 0.3) is 0 Å². The van der Waals surface area contributed by atoms with Crippen molar-refractivity contribution in [3.63, 3.8) is 0 Å². The van der Waals surface area contributed by atoms with Crippen molar-refractivity contribution in [2.45, 2.75) is 199 Å². The Morgan fingerprint density at radius 3 is 1.60 bits per heavy atom. The lowest BCUT2D eigenvalue weighted by Crippen LogP contribution is -2.46. The molecule has 0 rings (SSSR count). The first-order valence-corrected chi connectivity index (χ1v) is 24.0. The van der Waals surface area contributed by atoms with E-state index in [0.717, 1.165) is 64.2 Å². The van der Waals surface area contributed by atoms with Crippen LogP contribution >= 0.6 is 7.82 Å². The van der Waals surface area contributed by atoms with Crippen molar-refractivity contribution < 1.29 is 32.9 Å². The molecule has 0 radical (unpaired) electrons. The second kappa shape index (κ2) is 38.0. The number of aliphatic hydroxyl groups is 1. The Labute approximate surface area is 339 Å². The van der Waals surface area contributed by atoms with Gasteiger partial charge in [-0.2, -0.15) is 0 Å². The van der Waals surface area contributed by atoms with Crippen molar-refractivity contribution in [3.05, 3.63) is 48.6 Å². The summed E-state index contributed by atoms with van der Waals surface area (Å²) in [5.41, 5.74) is 0. The molecule has 0 heterocycles. The third-order valence-corrected chi connectivity index (χ3v) is 10.8. The van der Waals surface area contributed by atoms with Crippen LogP contribution in [-0.2, 0) is 18.4 Å². The first kappa shape index (κ1) is 53.5. The number of quaternary nitrogens is 1. The van der Waals surface area contributed by atoms with Crippen molar-refractivity contribution >= 4 is 13.7 Å². The summed E-state index contributed by atoms with van der Waals surface area (Å²) in [7, 11) is 1.61. The third-order valence-electron chi connectivity index (χ3n) is 9.84. The molecule has 0 aliphatic carbocycles. The Morgan fingerprint density at radius 1 is 0.636 bits per heavy atom. The largest absolute Gasteiger partial charge is 0.472 e. The number of rotatable bonds is 40. The number of hydrogen-bond donors (Lipinski definition) is 3. The van der Waals surface area contributed by atoms with Gasteiger partial charge in [-0.05, 0) is 51.4 Å². The summed E-state index contributed by atoms with van der Waals surface area (Å²) in [6.07, 6.45) is 47.5. The summed E-state index contributed by atoms with van der Waals surface area (Å²) in [5.74, 6) is -0.153. The Hall–Kier alpha value is -1.54. The molecule has 322 valence electrons. The van der Waals surface area contributed by atoms with Crippen LogP contribution in [0, 0.1) is 0 Å². The normalized spacial score (nSPS) is 14.8. The summed E-state index contributed by atoms with van der Waals surface area (Å²) in [4.78, 5) is 23.0. The molecule has 0 spiro atoms. The fourth-order valence-corrected chi connectivity index (χ4v) is 7.01. The number of phosphoric acid groups is 1. The quantitative estimate of drug-likeness (QED) is 0.0247.